The van der Waals surface area contributed by atoms with Gasteiger partial charge in [-0.2, -0.15) is 0 Å². The van der Waals surface area contributed by atoms with E-state index in [9.17, 15) is 4.79 Å². The van der Waals surface area contributed by atoms with E-state index >= 15 is 0 Å². The molecular weight excluding hydrogens is 244 g/mol. The number of anilines is 1. The van der Waals surface area contributed by atoms with Gasteiger partial charge in [-0.1, -0.05) is 0 Å². The first kappa shape index (κ1) is 12.8. The Morgan fingerprint density at radius 2 is 1.68 bits per heavy atom. The van der Waals surface area contributed by atoms with E-state index in [1.54, 1.807) is 36.4 Å². The summed E-state index contributed by atoms with van der Waals surface area (Å²) >= 11 is 0. The minimum Gasteiger partial charge on any atom is -0.496 e. The molecule has 5 nitrogen and oxygen atoms in total. The molecular formula is C14H14N2O3. The van der Waals surface area contributed by atoms with Crippen LogP contribution in [-0.2, 0) is 0 Å². The number of methoxy groups -OCH3 is 1. The summed E-state index contributed by atoms with van der Waals surface area (Å²) in [7, 11) is 1.47. The molecule has 0 spiro atoms. The van der Waals surface area contributed by atoms with Crippen LogP contribution in [0.2, 0.25) is 0 Å². The van der Waals surface area contributed by atoms with Gasteiger partial charge in [-0.15, -0.1) is 0 Å². The normalized spacial score (nSPS) is 9.95. The minimum absolute atomic E-state index is 0.274. The van der Waals surface area contributed by atoms with Crippen LogP contribution < -0.4 is 20.9 Å². The number of hydrogen-bond donors (Lipinski definition) is 2. The second-order valence-electron chi connectivity index (χ2n) is 3.90. The number of ether oxygens (including phenoxy) is 2. The van der Waals surface area contributed by atoms with Crippen LogP contribution in [0.4, 0.5) is 5.69 Å². The molecule has 1 amide bonds. The average molecular weight is 258 g/mol. The van der Waals surface area contributed by atoms with Crippen LogP contribution in [0.25, 0.3) is 0 Å². The minimum atomic E-state index is -0.570. The number of nitrogens with two attached hydrogens (primary N) is 2. The summed E-state index contributed by atoms with van der Waals surface area (Å²) in [6.07, 6.45) is 0. The van der Waals surface area contributed by atoms with Crippen LogP contribution in [0.5, 0.6) is 17.2 Å². The summed E-state index contributed by atoms with van der Waals surface area (Å²) in [5.41, 5.74) is 11.8. The van der Waals surface area contributed by atoms with Gasteiger partial charge in [-0.25, -0.2) is 0 Å². The molecule has 0 aliphatic heterocycles. The quantitative estimate of drug-likeness (QED) is 0.823. The van der Waals surface area contributed by atoms with Crippen molar-refractivity contribution in [1.29, 1.82) is 0 Å². The van der Waals surface area contributed by atoms with Crippen LogP contribution in [0, 0.1) is 0 Å². The Morgan fingerprint density at radius 3 is 2.26 bits per heavy atom. The third-order valence-electron chi connectivity index (χ3n) is 2.55. The van der Waals surface area contributed by atoms with Crippen LogP contribution >= 0.6 is 0 Å². The lowest BCUT2D eigenvalue weighted by Gasteiger charge is -2.09. The molecule has 0 fully saturated rings. The highest BCUT2D eigenvalue weighted by molar-refractivity contribution is 5.96. The first-order valence-corrected chi connectivity index (χ1v) is 5.61. The van der Waals surface area contributed by atoms with Crippen LogP contribution in [0.3, 0.4) is 0 Å². The molecule has 0 atom stereocenters. The second kappa shape index (κ2) is 5.30. The van der Waals surface area contributed by atoms with Crippen LogP contribution in [0.1, 0.15) is 10.4 Å². The summed E-state index contributed by atoms with van der Waals surface area (Å²) < 4.78 is 10.7. The maximum Gasteiger partial charge on any atom is 0.252 e. The van der Waals surface area contributed by atoms with E-state index in [-0.39, 0.29) is 5.56 Å². The summed E-state index contributed by atoms with van der Waals surface area (Å²) in [6, 6.07) is 11.8. The highest BCUT2D eigenvalue weighted by Crippen LogP contribution is 2.27. The predicted octanol–water partition coefficient (Wildman–Crippen LogP) is 2.17. The summed E-state index contributed by atoms with van der Waals surface area (Å²) in [5, 5.41) is 0. The highest BCUT2D eigenvalue weighted by Gasteiger charge is 2.10. The number of amides is 1. The van der Waals surface area contributed by atoms with Crippen molar-refractivity contribution in [1.82, 2.24) is 0 Å². The SMILES string of the molecule is COc1ccc(Oc2ccc(N)cc2)cc1C(N)=O. The predicted molar refractivity (Wildman–Crippen MR) is 72.4 cm³/mol. The van der Waals surface area contributed by atoms with Crippen LogP contribution in [-0.4, -0.2) is 13.0 Å². The Balaban J connectivity index is 2.28. The molecule has 19 heavy (non-hydrogen) atoms. The van der Waals surface area contributed by atoms with E-state index in [4.69, 9.17) is 20.9 Å². The van der Waals surface area contributed by atoms with Gasteiger partial charge in [0.2, 0.25) is 0 Å². The van der Waals surface area contributed by atoms with Crippen molar-refractivity contribution in [2.75, 3.05) is 12.8 Å². The molecule has 98 valence electrons. The average Bonchev–Trinajstić information content (AvgIpc) is 2.41. The molecule has 0 radical (unpaired) electrons. The first-order valence-electron chi connectivity index (χ1n) is 5.61. The summed E-state index contributed by atoms with van der Waals surface area (Å²) in [5.74, 6) is 0.964. The van der Waals surface area contributed by atoms with Gasteiger partial charge in [0.05, 0.1) is 12.7 Å². The van der Waals surface area contributed by atoms with E-state index < -0.39 is 5.91 Å². The molecule has 0 aromatic heterocycles. The molecule has 0 aliphatic carbocycles. The molecule has 4 N–H and O–H groups in total. The number of benzene rings is 2. The van der Waals surface area contributed by atoms with E-state index in [1.807, 2.05) is 0 Å². The molecule has 5 heteroatoms. The molecule has 2 aromatic carbocycles. The van der Waals surface area contributed by atoms with Gasteiger partial charge in [0.15, 0.2) is 0 Å². The number of carbonyl (C=O) groups is 1. The standard InChI is InChI=1S/C14H14N2O3/c1-18-13-7-6-11(8-12(13)14(16)17)19-10-4-2-9(15)3-5-10/h2-8H,15H2,1H3,(H2,16,17). The Kier molecular flexibility index (Phi) is 3.56. The molecule has 0 aliphatic rings. The van der Waals surface area contributed by atoms with Gasteiger partial charge >= 0.3 is 0 Å². The highest BCUT2D eigenvalue weighted by atomic mass is 16.5. The number of primary amides is 1. The molecule has 0 saturated heterocycles. The van der Waals surface area contributed by atoms with Crippen molar-refractivity contribution in [3.05, 3.63) is 48.0 Å². The van der Waals surface area contributed by atoms with Crippen molar-refractivity contribution in [2.24, 2.45) is 5.73 Å². The van der Waals surface area contributed by atoms with Gasteiger partial charge in [0.25, 0.3) is 5.91 Å². The number of rotatable bonds is 4. The fraction of sp³-hybridized carbons (Fsp3) is 0.0714. The lowest BCUT2D eigenvalue weighted by Crippen LogP contribution is -2.12. The zero-order valence-corrected chi connectivity index (χ0v) is 10.4. The molecule has 0 saturated carbocycles. The van der Waals surface area contributed by atoms with E-state index in [0.29, 0.717) is 22.9 Å². The third-order valence-corrected chi connectivity index (χ3v) is 2.55. The number of nitrogen functional groups attached to an aromatic ring is 1. The third kappa shape index (κ3) is 2.95. The fourth-order valence-electron chi connectivity index (χ4n) is 1.62. The zero-order chi connectivity index (χ0) is 13.8. The van der Waals surface area contributed by atoms with Gasteiger partial charge in [-0.05, 0) is 42.5 Å². The Morgan fingerprint density at radius 1 is 1.05 bits per heavy atom. The Bertz CT molecular complexity index is 594. The van der Waals surface area contributed by atoms with Gasteiger partial charge in [0.1, 0.15) is 17.2 Å². The largest absolute Gasteiger partial charge is 0.496 e. The second-order valence-corrected chi connectivity index (χ2v) is 3.90. The van der Waals surface area contributed by atoms with Crippen molar-refractivity contribution in [3.8, 4) is 17.2 Å². The lowest BCUT2D eigenvalue weighted by atomic mass is 10.2. The van der Waals surface area contributed by atoms with Crippen molar-refractivity contribution >= 4 is 11.6 Å². The molecule has 0 unspecified atom stereocenters. The van der Waals surface area contributed by atoms with Gasteiger partial charge in [-0.3, -0.25) is 4.79 Å². The summed E-state index contributed by atoms with van der Waals surface area (Å²) in [4.78, 5) is 11.3. The van der Waals surface area contributed by atoms with Gasteiger partial charge < -0.3 is 20.9 Å². The Hall–Kier alpha value is -2.69. The van der Waals surface area contributed by atoms with Crippen molar-refractivity contribution in [3.63, 3.8) is 0 Å². The molecule has 2 rings (SSSR count). The smallest absolute Gasteiger partial charge is 0.252 e. The van der Waals surface area contributed by atoms with E-state index in [2.05, 4.69) is 0 Å². The van der Waals surface area contributed by atoms with Crippen molar-refractivity contribution in [2.45, 2.75) is 0 Å². The maximum absolute atomic E-state index is 11.3. The zero-order valence-electron chi connectivity index (χ0n) is 10.4. The lowest BCUT2D eigenvalue weighted by molar-refractivity contribution is 0.0997. The molecule has 2 aromatic rings. The van der Waals surface area contributed by atoms with Crippen LogP contribution in [0.15, 0.2) is 42.5 Å². The topological polar surface area (TPSA) is 87.6 Å². The molecule has 0 heterocycles. The number of carbonyl (C=O) groups excluding carboxylic acids is 1. The molecule has 0 bridgehead atoms. The van der Waals surface area contributed by atoms with Crippen molar-refractivity contribution < 1.29 is 14.3 Å². The fourth-order valence-corrected chi connectivity index (χ4v) is 1.62. The Labute approximate surface area is 110 Å². The van der Waals surface area contributed by atoms with E-state index in [0.717, 1.165) is 0 Å². The van der Waals surface area contributed by atoms with E-state index in [1.165, 1.54) is 13.2 Å². The monoisotopic (exact) mass is 258 g/mol. The van der Waals surface area contributed by atoms with Gasteiger partial charge in [0, 0.05) is 5.69 Å². The maximum atomic E-state index is 11.3. The first-order chi connectivity index (χ1) is 9.10. The number of hydrogen-bond acceptors (Lipinski definition) is 4. The summed E-state index contributed by atoms with van der Waals surface area (Å²) in [6.45, 7) is 0.